The van der Waals surface area contributed by atoms with E-state index in [1.54, 1.807) is 12.1 Å². The fourth-order valence-electron chi connectivity index (χ4n) is 2.24. The van der Waals surface area contributed by atoms with Crippen LogP contribution < -0.4 is 0 Å². The van der Waals surface area contributed by atoms with Gasteiger partial charge < -0.3 is 10.2 Å². The second-order valence-electron chi connectivity index (χ2n) is 5.12. The van der Waals surface area contributed by atoms with Crippen molar-refractivity contribution in [3.05, 3.63) is 58.7 Å². The normalized spacial score (nSPS) is 10.6. The molecule has 2 heteroatoms. The average Bonchev–Trinajstić information content (AvgIpc) is 2.34. The van der Waals surface area contributed by atoms with Gasteiger partial charge in [0.05, 0.1) is 0 Å². The molecule has 0 aliphatic carbocycles. The lowest BCUT2D eigenvalue weighted by Gasteiger charge is -2.07. The highest BCUT2D eigenvalue weighted by Crippen LogP contribution is 2.23. The Hall–Kier alpha value is -1.96. The minimum Gasteiger partial charge on any atom is -0.508 e. The molecule has 0 unspecified atom stereocenters. The van der Waals surface area contributed by atoms with Crippen LogP contribution in [0.15, 0.2) is 36.4 Å². The first-order valence-corrected chi connectivity index (χ1v) is 6.63. The summed E-state index contributed by atoms with van der Waals surface area (Å²) in [6.07, 6.45) is 2.55. The van der Waals surface area contributed by atoms with E-state index < -0.39 is 0 Å². The van der Waals surface area contributed by atoms with E-state index in [-0.39, 0.29) is 0 Å². The molecule has 0 radical (unpaired) electrons. The molecule has 2 aromatic rings. The number of aryl methyl sites for hydroxylation is 4. The first-order valence-electron chi connectivity index (χ1n) is 6.63. The van der Waals surface area contributed by atoms with Crippen LogP contribution in [0, 0.1) is 13.8 Å². The van der Waals surface area contributed by atoms with Gasteiger partial charge in [0.25, 0.3) is 0 Å². The predicted molar refractivity (Wildman–Crippen MR) is 77.7 cm³/mol. The molecular formula is C17H20O2. The summed E-state index contributed by atoms with van der Waals surface area (Å²) in [4.78, 5) is 0. The Bertz CT molecular complexity index is 522. The van der Waals surface area contributed by atoms with Crippen molar-refractivity contribution in [2.75, 3.05) is 0 Å². The smallest absolute Gasteiger partial charge is 0.119 e. The third-order valence-electron chi connectivity index (χ3n) is 3.37. The highest BCUT2D eigenvalue weighted by molar-refractivity contribution is 5.37. The first-order chi connectivity index (χ1) is 9.06. The molecule has 0 atom stereocenters. The fourth-order valence-corrected chi connectivity index (χ4v) is 2.24. The molecule has 0 heterocycles. The Morgan fingerprint density at radius 1 is 0.737 bits per heavy atom. The third kappa shape index (κ3) is 3.50. The zero-order valence-electron chi connectivity index (χ0n) is 11.5. The van der Waals surface area contributed by atoms with E-state index in [9.17, 15) is 10.2 Å². The summed E-state index contributed by atoms with van der Waals surface area (Å²) in [5.41, 5.74) is 4.07. The molecule has 0 saturated heterocycles. The van der Waals surface area contributed by atoms with Gasteiger partial charge in [-0.3, -0.25) is 0 Å². The lowest BCUT2D eigenvalue weighted by atomic mass is 10.0. The average molecular weight is 256 g/mol. The maximum atomic E-state index is 9.83. The first kappa shape index (κ1) is 13.5. The standard InChI is InChI=1S/C17H20O2/c1-12-6-8-14(16(18)10-12)4-3-5-15-9-7-13(2)11-17(15)19/h6-11,18-19H,3-5H2,1-2H3. The lowest BCUT2D eigenvalue weighted by Crippen LogP contribution is -1.92. The highest BCUT2D eigenvalue weighted by Gasteiger charge is 2.04. The number of hydrogen-bond donors (Lipinski definition) is 2. The topological polar surface area (TPSA) is 40.5 Å². The van der Waals surface area contributed by atoms with Gasteiger partial charge in [-0.15, -0.1) is 0 Å². The van der Waals surface area contributed by atoms with Crippen molar-refractivity contribution in [1.29, 1.82) is 0 Å². The van der Waals surface area contributed by atoms with Crippen LogP contribution in [-0.4, -0.2) is 10.2 Å². The van der Waals surface area contributed by atoms with Crippen molar-refractivity contribution in [3.63, 3.8) is 0 Å². The molecule has 2 aromatic carbocycles. The maximum Gasteiger partial charge on any atom is 0.119 e. The summed E-state index contributed by atoms with van der Waals surface area (Å²) in [6.45, 7) is 3.93. The Labute approximate surface area is 114 Å². The van der Waals surface area contributed by atoms with E-state index in [0.717, 1.165) is 41.5 Å². The number of phenolic OH excluding ortho intramolecular Hbond substituents is 2. The largest absolute Gasteiger partial charge is 0.508 e. The molecule has 0 aliphatic rings. The van der Waals surface area contributed by atoms with Gasteiger partial charge in [0, 0.05) is 0 Å². The summed E-state index contributed by atoms with van der Waals surface area (Å²) >= 11 is 0. The van der Waals surface area contributed by atoms with Gasteiger partial charge in [-0.2, -0.15) is 0 Å². The molecule has 100 valence electrons. The maximum absolute atomic E-state index is 9.83. The van der Waals surface area contributed by atoms with Crippen LogP contribution >= 0.6 is 0 Å². The number of benzene rings is 2. The lowest BCUT2D eigenvalue weighted by molar-refractivity contribution is 0.463. The highest BCUT2D eigenvalue weighted by atomic mass is 16.3. The van der Waals surface area contributed by atoms with Crippen molar-refractivity contribution in [3.8, 4) is 11.5 Å². The van der Waals surface area contributed by atoms with Crippen molar-refractivity contribution in [1.82, 2.24) is 0 Å². The summed E-state index contributed by atoms with van der Waals surface area (Å²) in [6, 6.07) is 11.5. The summed E-state index contributed by atoms with van der Waals surface area (Å²) < 4.78 is 0. The second-order valence-corrected chi connectivity index (χ2v) is 5.12. The molecule has 2 rings (SSSR count). The molecule has 0 aromatic heterocycles. The molecule has 0 aliphatic heterocycles. The number of phenols is 2. The van der Waals surface area contributed by atoms with Gasteiger partial charge >= 0.3 is 0 Å². The van der Waals surface area contributed by atoms with E-state index in [2.05, 4.69) is 0 Å². The molecule has 2 nitrogen and oxygen atoms in total. The van der Waals surface area contributed by atoms with Gasteiger partial charge in [0.1, 0.15) is 11.5 Å². The van der Waals surface area contributed by atoms with Gasteiger partial charge in [0.2, 0.25) is 0 Å². The Kier molecular flexibility index (Phi) is 4.10. The Morgan fingerprint density at radius 3 is 1.53 bits per heavy atom. The fraction of sp³-hybridized carbons (Fsp3) is 0.294. The number of hydrogen-bond acceptors (Lipinski definition) is 2. The van der Waals surface area contributed by atoms with Crippen molar-refractivity contribution in [2.24, 2.45) is 0 Å². The SMILES string of the molecule is Cc1ccc(CCCc2ccc(C)cc2O)c(O)c1. The van der Waals surface area contributed by atoms with Crippen molar-refractivity contribution >= 4 is 0 Å². The van der Waals surface area contributed by atoms with Crippen LogP contribution in [0.2, 0.25) is 0 Å². The van der Waals surface area contributed by atoms with Crippen LogP contribution in [0.3, 0.4) is 0 Å². The van der Waals surface area contributed by atoms with E-state index in [1.165, 1.54) is 0 Å². The van der Waals surface area contributed by atoms with Crippen LogP contribution in [0.4, 0.5) is 0 Å². The van der Waals surface area contributed by atoms with Gasteiger partial charge in [0.15, 0.2) is 0 Å². The Balaban J connectivity index is 1.96. The van der Waals surface area contributed by atoms with Gasteiger partial charge in [-0.1, -0.05) is 24.3 Å². The molecule has 0 spiro atoms. The predicted octanol–water partition coefficient (Wildman–Crippen LogP) is 3.89. The number of rotatable bonds is 4. The van der Waals surface area contributed by atoms with E-state index in [4.69, 9.17) is 0 Å². The summed E-state index contributed by atoms with van der Waals surface area (Å²) in [5.74, 6) is 0.737. The molecule has 0 saturated carbocycles. The monoisotopic (exact) mass is 256 g/mol. The van der Waals surface area contributed by atoms with Crippen molar-refractivity contribution < 1.29 is 10.2 Å². The van der Waals surface area contributed by atoms with Gasteiger partial charge in [-0.25, -0.2) is 0 Å². The zero-order chi connectivity index (χ0) is 13.8. The summed E-state index contributed by atoms with van der Waals surface area (Å²) in [5, 5.41) is 19.7. The quantitative estimate of drug-likeness (QED) is 0.871. The van der Waals surface area contributed by atoms with Crippen molar-refractivity contribution in [2.45, 2.75) is 33.1 Å². The van der Waals surface area contributed by atoms with Crippen LogP contribution in [0.25, 0.3) is 0 Å². The minimum absolute atomic E-state index is 0.369. The minimum atomic E-state index is 0.369. The van der Waals surface area contributed by atoms with Gasteiger partial charge in [-0.05, 0) is 67.5 Å². The van der Waals surface area contributed by atoms with E-state index in [0.29, 0.717) is 11.5 Å². The third-order valence-corrected chi connectivity index (χ3v) is 3.37. The molecule has 2 N–H and O–H groups in total. The molecule has 0 fully saturated rings. The van der Waals surface area contributed by atoms with Crippen LogP contribution in [-0.2, 0) is 12.8 Å². The molecule has 0 amide bonds. The molecule has 19 heavy (non-hydrogen) atoms. The van der Waals surface area contributed by atoms with E-state index >= 15 is 0 Å². The number of aromatic hydroxyl groups is 2. The zero-order valence-corrected chi connectivity index (χ0v) is 11.5. The molecule has 0 bridgehead atoms. The Morgan fingerprint density at radius 2 is 1.16 bits per heavy atom. The van der Waals surface area contributed by atoms with Crippen LogP contribution in [0.1, 0.15) is 28.7 Å². The van der Waals surface area contributed by atoms with Crippen LogP contribution in [0.5, 0.6) is 11.5 Å². The second kappa shape index (κ2) is 5.79. The summed E-state index contributed by atoms with van der Waals surface area (Å²) in [7, 11) is 0. The molecular weight excluding hydrogens is 236 g/mol. The van der Waals surface area contributed by atoms with E-state index in [1.807, 2.05) is 38.1 Å².